The van der Waals surface area contributed by atoms with Gasteiger partial charge in [-0.2, -0.15) is 5.26 Å². The van der Waals surface area contributed by atoms with E-state index in [2.05, 4.69) is 26.1 Å². The van der Waals surface area contributed by atoms with E-state index in [1.165, 1.54) is 11.0 Å². The highest BCUT2D eigenvalue weighted by Crippen LogP contribution is 2.36. The fourth-order valence-corrected chi connectivity index (χ4v) is 9.90. The van der Waals surface area contributed by atoms with Gasteiger partial charge in [0.25, 0.3) is 11.8 Å². The summed E-state index contributed by atoms with van der Waals surface area (Å²) in [6, 6.07) is 13.6. The monoisotopic (exact) mass is 808 g/mol. The van der Waals surface area contributed by atoms with Gasteiger partial charge in [-0.1, -0.05) is 11.6 Å². The van der Waals surface area contributed by atoms with Crippen LogP contribution in [0.25, 0.3) is 0 Å². The lowest BCUT2D eigenvalue weighted by molar-refractivity contribution is -0.136. The number of halogens is 2. The van der Waals surface area contributed by atoms with Crippen LogP contribution in [0.2, 0.25) is 5.02 Å². The summed E-state index contributed by atoms with van der Waals surface area (Å²) < 4.78 is 21.6. The topological polar surface area (TPSA) is 142 Å². The maximum Gasteiger partial charge on any atom is 0.256 e. The molecular formula is C43H46ClFN8O5. The van der Waals surface area contributed by atoms with Gasteiger partial charge in [-0.05, 0) is 92.8 Å². The molecule has 13 nitrogen and oxygen atoms in total. The number of hydrogen-bond donors (Lipinski definition) is 1. The molecule has 1 aliphatic carbocycles. The summed E-state index contributed by atoms with van der Waals surface area (Å²) in [6.45, 7) is 6.52. The lowest BCUT2D eigenvalue weighted by atomic mass is 9.92. The summed E-state index contributed by atoms with van der Waals surface area (Å²) in [6.07, 6.45) is 5.93. The second-order valence-electron chi connectivity index (χ2n) is 16.5. The van der Waals surface area contributed by atoms with Gasteiger partial charge >= 0.3 is 0 Å². The number of nitrogens with one attached hydrogen (secondary N) is 1. The first-order valence-electron chi connectivity index (χ1n) is 20.5. The zero-order valence-corrected chi connectivity index (χ0v) is 33.1. The largest absolute Gasteiger partial charge is 0.490 e. The highest BCUT2D eigenvalue weighted by molar-refractivity contribution is 6.31. The second kappa shape index (κ2) is 15.8. The summed E-state index contributed by atoms with van der Waals surface area (Å²) in [5, 5.41) is 11.8. The van der Waals surface area contributed by atoms with Crippen LogP contribution in [0.1, 0.15) is 88.9 Å². The Labute approximate surface area is 341 Å². The Kier molecular flexibility index (Phi) is 10.4. The number of rotatable bonds is 8. The molecule has 1 aromatic heterocycles. The molecule has 1 atom stereocenters. The van der Waals surface area contributed by atoms with Crippen LogP contribution in [0.5, 0.6) is 5.75 Å². The van der Waals surface area contributed by atoms with Crippen LogP contribution in [-0.2, 0) is 22.7 Å². The molecule has 58 heavy (non-hydrogen) atoms. The minimum atomic E-state index is -0.728. The van der Waals surface area contributed by atoms with Crippen molar-refractivity contribution >= 4 is 46.7 Å². The van der Waals surface area contributed by atoms with E-state index in [-0.39, 0.29) is 54.8 Å². The van der Waals surface area contributed by atoms with Crippen LogP contribution in [0.3, 0.4) is 0 Å². The number of amides is 4. The number of pyridine rings is 1. The highest BCUT2D eigenvalue weighted by Gasteiger charge is 2.41. The number of anilines is 2. The third-order valence-electron chi connectivity index (χ3n) is 13.0. The van der Waals surface area contributed by atoms with E-state index in [1.54, 1.807) is 24.3 Å². The van der Waals surface area contributed by atoms with E-state index in [4.69, 9.17) is 26.6 Å². The van der Waals surface area contributed by atoms with E-state index in [0.29, 0.717) is 58.7 Å². The van der Waals surface area contributed by atoms with Crippen molar-refractivity contribution in [3.63, 3.8) is 0 Å². The van der Waals surface area contributed by atoms with Crippen molar-refractivity contribution in [2.45, 2.75) is 82.6 Å². The number of piperidine rings is 2. The second-order valence-corrected chi connectivity index (χ2v) is 16.9. The van der Waals surface area contributed by atoms with Crippen molar-refractivity contribution in [2.75, 3.05) is 55.6 Å². The van der Waals surface area contributed by atoms with Crippen LogP contribution in [0.4, 0.5) is 15.9 Å². The predicted molar refractivity (Wildman–Crippen MR) is 213 cm³/mol. The van der Waals surface area contributed by atoms with Gasteiger partial charge in [-0.15, -0.1) is 0 Å². The summed E-state index contributed by atoms with van der Waals surface area (Å²) in [5.74, 6) is 0.570. The number of ether oxygens (including phenoxy) is 1. The quantitative estimate of drug-likeness (QED) is 0.313. The van der Waals surface area contributed by atoms with E-state index >= 15 is 4.39 Å². The molecule has 4 fully saturated rings. The summed E-state index contributed by atoms with van der Waals surface area (Å²) >= 11 is 6.19. The normalized spacial score (nSPS) is 24.2. The van der Waals surface area contributed by atoms with Crippen molar-refractivity contribution in [1.29, 1.82) is 5.26 Å². The number of imide groups is 1. The van der Waals surface area contributed by atoms with E-state index in [0.717, 1.165) is 82.8 Å². The van der Waals surface area contributed by atoms with Gasteiger partial charge in [0.1, 0.15) is 29.5 Å². The third kappa shape index (κ3) is 7.46. The Hall–Kier alpha value is -5.26. The molecule has 2 aromatic carbocycles. The molecule has 15 heteroatoms. The van der Waals surface area contributed by atoms with Crippen LogP contribution in [-0.4, -0.2) is 107 Å². The molecule has 6 aliphatic rings. The van der Waals surface area contributed by atoms with Crippen molar-refractivity contribution < 1.29 is 28.3 Å². The fraction of sp³-hybridized carbons (Fsp3) is 0.488. The number of benzene rings is 2. The first-order valence-corrected chi connectivity index (χ1v) is 20.9. The zero-order chi connectivity index (χ0) is 40.1. The number of carbonyl (C=O) groups is 4. The maximum atomic E-state index is 15.5. The van der Waals surface area contributed by atoms with Crippen molar-refractivity contribution in [3.8, 4) is 11.8 Å². The number of aromatic nitrogens is 1. The standard InChI is InChI=1S/C43H46ClFN8O5/c44-34-20-31(4-1-27(34)22-46)58-30-5-2-29(3-6-30)52-25-36-32(42(52)56)7-9-39(47-36)51-13-11-26(12-14-51)23-49-15-17-50(18-16-49)38-19-28-24-53(43(57)33(28)21-35(38)45)37-8-10-40(54)48-41(37)55/h1,4,7,9,19-21,26,29-30,37H,2-3,5-6,8,10-18,23-25H2,(H,48,54,55)/t29-,30-,37?. The summed E-state index contributed by atoms with van der Waals surface area (Å²) in [5.41, 5.74) is 3.46. The van der Waals surface area contributed by atoms with Crippen LogP contribution < -0.4 is 19.9 Å². The molecule has 0 spiro atoms. The Bertz CT molecular complexity index is 2190. The molecule has 1 saturated carbocycles. The van der Waals surface area contributed by atoms with Gasteiger partial charge in [-0.25, -0.2) is 9.37 Å². The van der Waals surface area contributed by atoms with Gasteiger partial charge in [0.2, 0.25) is 11.8 Å². The average Bonchev–Trinajstić information content (AvgIpc) is 3.73. The van der Waals surface area contributed by atoms with Crippen LogP contribution >= 0.6 is 11.6 Å². The summed E-state index contributed by atoms with van der Waals surface area (Å²) in [7, 11) is 0. The van der Waals surface area contributed by atoms with Crippen molar-refractivity contribution in [2.24, 2.45) is 5.92 Å². The molecule has 1 N–H and O–H groups in total. The first-order chi connectivity index (χ1) is 28.1. The molecule has 5 aliphatic heterocycles. The lowest BCUT2D eigenvalue weighted by Crippen LogP contribution is -2.52. The van der Waals surface area contributed by atoms with Gasteiger partial charge < -0.3 is 24.3 Å². The van der Waals surface area contributed by atoms with Gasteiger partial charge in [0.05, 0.1) is 40.2 Å². The number of carbonyl (C=O) groups excluding carboxylic acids is 4. The van der Waals surface area contributed by atoms with E-state index in [1.807, 2.05) is 17.0 Å². The fourth-order valence-electron chi connectivity index (χ4n) is 9.69. The number of hydrogen-bond acceptors (Lipinski definition) is 10. The molecule has 9 rings (SSSR count). The molecule has 3 aromatic rings. The first kappa shape index (κ1) is 38.3. The molecule has 0 radical (unpaired) electrons. The predicted octanol–water partition coefficient (Wildman–Crippen LogP) is 4.89. The van der Waals surface area contributed by atoms with Gasteiger partial charge in [0, 0.05) is 76.5 Å². The van der Waals surface area contributed by atoms with Crippen LogP contribution in [0.15, 0.2) is 42.5 Å². The zero-order valence-electron chi connectivity index (χ0n) is 32.3. The maximum absolute atomic E-state index is 15.5. The van der Waals surface area contributed by atoms with Crippen molar-refractivity contribution in [1.82, 2.24) is 25.0 Å². The van der Waals surface area contributed by atoms with E-state index < -0.39 is 17.8 Å². The highest BCUT2D eigenvalue weighted by atomic mass is 35.5. The van der Waals surface area contributed by atoms with Gasteiger partial charge in [-0.3, -0.25) is 29.4 Å². The Balaban J connectivity index is 0.731. The van der Waals surface area contributed by atoms with Gasteiger partial charge in [0.15, 0.2) is 0 Å². The molecule has 1 unspecified atom stereocenters. The molecule has 302 valence electrons. The summed E-state index contributed by atoms with van der Waals surface area (Å²) in [4.78, 5) is 66.0. The molecule has 3 saturated heterocycles. The molecular weight excluding hydrogens is 763 g/mol. The smallest absolute Gasteiger partial charge is 0.256 e. The SMILES string of the molecule is N#Cc1ccc(O[C@H]2CC[C@H](N3Cc4nc(N5CCC(CN6CCN(c7cc8c(cc7F)C(=O)N(C7CCC(=O)NC7=O)C8)CC6)CC5)ccc4C3=O)CC2)cc1Cl. The number of piperazine rings is 1. The minimum Gasteiger partial charge on any atom is -0.490 e. The average molecular weight is 809 g/mol. The molecule has 0 bridgehead atoms. The molecule has 4 amide bonds. The molecule has 6 heterocycles. The third-order valence-corrected chi connectivity index (χ3v) is 13.3. The Morgan fingerprint density at radius 2 is 1.59 bits per heavy atom. The van der Waals surface area contributed by atoms with Crippen LogP contribution in [0, 0.1) is 23.1 Å². The van der Waals surface area contributed by atoms with E-state index in [9.17, 15) is 19.2 Å². The number of nitrogens with zero attached hydrogens (tertiary/aromatic N) is 7. The number of nitriles is 1. The lowest BCUT2D eigenvalue weighted by Gasteiger charge is -2.40. The Morgan fingerprint density at radius 1 is 0.828 bits per heavy atom. The van der Waals surface area contributed by atoms with Crippen molar-refractivity contribution in [3.05, 3.63) is 81.3 Å². The Morgan fingerprint density at radius 3 is 2.31 bits per heavy atom. The minimum absolute atomic E-state index is 0.0367. The number of fused-ring (bicyclic) bond motifs is 2.